The highest BCUT2D eigenvalue weighted by Crippen LogP contribution is 2.40. The van der Waals surface area contributed by atoms with Gasteiger partial charge >= 0.3 is 0 Å². The molecular formula is C47H29N3S. The lowest BCUT2D eigenvalue weighted by Gasteiger charge is -2.13. The van der Waals surface area contributed by atoms with Crippen molar-refractivity contribution in [1.82, 2.24) is 15.0 Å². The van der Waals surface area contributed by atoms with Gasteiger partial charge in [0.2, 0.25) is 0 Å². The molecule has 0 amide bonds. The Balaban J connectivity index is 1.18. The van der Waals surface area contributed by atoms with Crippen LogP contribution in [-0.2, 0) is 0 Å². The number of rotatable bonds is 5. The second kappa shape index (κ2) is 12.1. The minimum Gasteiger partial charge on any atom is -0.208 e. The molecule has 2 heterocycles. The molecule has 0 aliphatic heterocycles. The topological polar surface area (TPSA) is 38.7 Å². The fraction of sp³-hybridized carbons (Fsp3) is 0. The summed E-state index contributed by atoms with van der Waals surface area (Å²) in [5, 5.41) is 7.32. The van der Waals surface area contributed by atoms with Gasteiger partial charge in [-0.2, -0.15) is 0 Å². The zero-order valence-corrected chi connectivity index (χ0v) is 28.3. The number of thiophene rings is 1. The van der Waals surface area contributed by atoms with Gasteiger partial charge in [0, 0.05) is 36.9 Å². The van der Waals surface area contributed by atoms with E-state index in [1.807, 2.05) is 0 Å². The van der Waals surface area contributed by atoms with Crippen LogP contribution in [0.2, 0.25) is 0 Å². The fourth-order valence-corrected chi connectivity index (χ4v) is 8.37. The van der Waals surface area contributed by atoms with Crippen LogP contribution in [0.4, 0.5) is 0 Å². The summed E-state index contributed by atoms with van der Waals surface area (Å²) in [6, 6.07) is 62.2. The van der Waals surface area contributed by atoms with Crippen molar-refractivity contribution in [1.29, 1.82) is 0 Å². The Bertz CT molecular complexity index is 2940. The first-order valence-corrected chi connectivity index (χ1v) is 17.9. The van der Waals surface area contributed by atoms with Crippen LogP contribution in [0.5, 0.6) is 0 Å². The van der Waals surface area contributed by atoms with Gasteiger partial charge in [0.05, 0.1) is 0 Å². The molecular weight excluding hydrogens is 639 g/mol. The van der Waals surface area contributed by atoms with Crippen molar-refractivity contribution in [3.05, 3.63) is 176 Å². The van der Waals surface area contributed by atoms with Crippen molar-refractivity contribution < 1.29 is 0 Å². The molecule has 0 N–H and O–H groups in total. The zero-order chi connectivity index (χ0) is 33.7. The highest BCUT2D eigenvalue weighted by Gasteiger charge is 2.19. The number of benzene rings is 8. The summed E-state index contributed by atoms with van der Waals surface area (Å²) < 4.78 is 2.42. The molecule has 0 atom stereocenters. The third-order valence-electron chi connectivity index (χ3n) is 9.71. The first kappa shape index (κ1) is 29.4. The van der Waals surface area contributed by atoms with Gasteiger partial charge in [-0.25, -0.2) is 15.0 Å². The third kappa shape index (κ3) is 5.25. The summed E-state index contributed by atoms with van der Waals surface area (Å²) in [5.74, 6) is 1.95. The van der Waals surface area contributed by atoms with Crippen molar-refractivity contribution in [2.75, 3.05) is 0 Å². The predicted molar refractivity (Wildman–Crippen MR) is 215 cm³/mol. The average Bonchev–Trinajstić information content (AvgIpc) is 3.59. The number of hydrogen-bond donors (Lipinski definition) is 0. The number of nitrogens with zero attached hydrogens (tertiary/aromatic N) is 3. The normalized spacial score (nSPS) is 11.5. The van der Waals surface area contributed by atoms with Gasteiger partial charge in [-0.3, -0.25) is 0 Å². The van der Waals surface area contributed by atoms with E-state index >= 15 is 0 Å². The summed E-state index contributed by atoms with van der Waals surface area (Å²) in [6.45, 7) is 0. The van der Waals surface area contributed by atoms with Crippen molar-refractivity contribution in [3.8, 4) is 56.4 Å². The zero-order valence-electron chi connectivity index (χ0n) is 27.5. The Morgan fingerprint density at radius 1 is 0.314 bits per heavy atom. The Morgan fingerprint density at radius 3 is 1.65 bits per heavy atom. The molecule has 3 nitrogen and oxygen atoms in total. The summed E-state index contributed by atoms with van der Waals surface area (Å²) in [7, 11) is 0. The lowest BCUT2D eigenvalue weighted by molar-refractivity contribution is 1.08. The van der Waals surface area contributed by atoms with Crippen molar-refractivity contribution in [3.63, 3.8) is 0 Å². The summed E-state index contributed by atoms with van der Waals surface area (Å²) >= 11 is 1.79. The average molecular weight is 668 g/mol. The maximum absolute atomic E-state index is 5.27. The molecule has 0 saturated carbocycles. The summed E-state index contributed by atoms with van der Waals surface area (Å²) in [6.07, 6.45) is 0. The highest BCUT2D eigenvalue weighted by atomic mass is 32.1. The van der Waals surface area contributed by atoms with E-state index in [2.05, 4.69) is 176 Å². The number of aromatic nitrogens is 3. The molecule has 51 heavy (non-hydrogen) atoms. The molecule has 0 saturated heterocycles. The van der Waals surface area contributed by atoms with E-state index in [1.165, 1.54) is 41.7 Å². The monoisotopic (exact) mass is 667 g/mol. The maximum atomic E-state index is 5.27. The van der Waals surface area contributed by atoms with Crippen LogP contribution >= 0.6 is 11.3 Å². The quantitative estimate of drug-likeness (QED) is 0.183. The van der Waals surface area contributed by atoms with Crippen LogP contribution in [0.25, 0.3) is 98.1 Å². The van der Waals surface area contributed by atoms with E-state index in [9.17, 15) is 0 Å². The SMILES string of the molecule is c1cc(-c2ccc3ccccc3c2)cc(-c2nc(-c3ccccc3-c3ccc4ccccc4c3)nc(-c3cccc4c3sc3ccccc34)n2)c1. The molecule has 0 aliphatic rings. The molecule has 8 aromatic carbocycles. The van der Waals surface area contributed by atoms with Gasteiger partial charge in [-0.1, -0.05) is 146 Å². The fourth-order valence-electron chi connectivity index (χ4n) is 7.16. The Morgan fingerprint density at radius 2 is 0.843 bits per heavy atom. The second-order valence-corrected chi connectivity index (χ2v) is 13.9. The first-order valence-electron chi connectivity index (χ1n) is 17.1. The molecule has 0 bridgehead atoms. The van der Waals surface area contributed by atoms with Gasteiger partial charge in [-0.05, 0) is 74.1 Å². The van der Waals surface area contributed by atoms with Crippen LogP contribution < -0.4 is 0 Å². The minimum absolute atomic E-state index is 0.643. The molecule has 238 valence electrons. The Hall–Kier alpha value is -6.49. The molecule has 2 aromatic heterocycles. The summed E-state index contributed by atoms with van der Waals surface area (Å²) in [5.41, 5.74) is 7.39. The van der Waals surface area contributed by atoms with Gasteiger partial charge in [0.25, 0.3) is 0 Å². The maximum Gasteiger partial charge on any atom is 0.165 e. The van der Waals surface area contributed by atoms with Gasteiger partial charge < -0.3 is 0 Å². The molecule has 10 aromatic rings. The molecule has 0 aliphatic carbocycles. The Kier molecular flexibility index (Phi) is 7.00. The largest absolute Gasteiger partial charge is 0.208 e. The van der Waals surface area contributed by atoms with Crippen LogP contribution in [0.15, 0.2) is 176 Å². The molecule has 0 unspecified atom stereocenters. The highest BCUT2D eigenvalue weighted by molar-refractivity contribution is 7.26. The molecule has 0 radical (unpaired) electrons. The number of fused-ring (bicyclic) bond motifs is 5. The predicted octanol–water partition coefficient (Wildman–Crippen LogP) is 12.9. The van der Waals surface area contributed by atoms with E-state index in [0.717, 1.165) is 38.9 Å². The lowest BCUT2D eigenvalue weighted by atomic mass is 9.96. The molecule has 4 heteroatoms. The smallest absolute Gasteiger partial charge is 0.165 e. The molecule has 0 fully saturated rings. The van der Waals surface area contributed by atoms with Gasteiger partial charge in [-0.15, -0.1) is 11.3 Å². The minimum atomic E-state index is 0.643. The number of hydrogen-bond acceptors (Lipinski definition) is 4. The van der Waals surface area contributed by atoms with Crippen LogP contribution in [-0.4, -0.2) is 15.0 Å². The van der Waals surface area contributed by atoms with E-state index < -0.39 is 0 Å². The van der Waals surface area contributed by atoms with Crippen LogP contribution in [0.1, 0.15) is 0 Å². The van der Waals surface area contributed by atoms with Gasteiger partial charge in [0.15, 0.2) is 17.5 Å². The van der Waals surface area contributed by atoms with Crippen molar-refractivity contribution >= 4 is 53.1 Å². The second-order valence-electron chi connectivity index (χ2n) is 12.8. The van der Waals surface area contributed by atoms with Crippen molar-refractivity contribution in [2.45, 2.75) is 0 Å². The van der Waals surface area contributed by atoms with E-state index in [0.29, 0.717) is 17.5 Å². The van der Waals surface area contributed by atoms with E-state index in [4.69, 9.17) is 15.0 Å². The van der Waals surface area contributed by atoms with Crippen LogP contribution in [0, 0.1) is 0 Å². The summed E-state index contributed by atoms with van der Waals surface area (Å²) in [4.78, 5) is 15.7. The standard InChI is InChI=1S/C47H29N3S/c1-3-13-32-27-35(25-23-30(32)11-1)34-15-9-16-37(29-34)45-48-46(41-19-6-5-17-38(41)36-26-24-31-12-2-4-14-33(31)28-36)50-47(49-45)42-21-10-20-40-39-18-7-8-22-43(39)51-44(40)42/h1-29H. The first-order chi connectivity index (χ1) is 25.2. The van der Waals surface area contributed by atoms with Crippen LogP contribution in [0.3, 0.4) is 0 Å². The van der Waals surface area contributed by atoms with Gasteiger partial charge in [0.1, 0.15) is 0 Å². The molecule has 10 rings (SSSR count). The van der Waals surface area contributed by atoms with E-state index in [1.54, 1.807) is 11.3 Å². The Labute approximate surface area is 299 Å². The lowest BCUT2D eigenvalue weighted by Crippen LogP contribution is -2.01. The third-order valence-corrected chi connectivity index (χ3v) is 10.9. The van der Waals surface area contributed by atoms with E-state index in [-0.39, 0.29) is 0 Å². The molecule has 0 spiro atoms. The van der Waals surface area contributed by atoms with Crippen molar-refractivity contribution in [2.24, 2.45) is 0 Å².